The molecule has 2 aliphatic heterocycles. The molecule has 0 radical (unpaired) electrons. The van der Waals surface area contributed by atoms with Crippen LogP contribution in [0.25, 0.3) is 11.1 Å². The molecule has 3 aromatic carbocycles. The number of hydrazine groups is 1. The van der Waals surface area contributed by atoms with E-state index in [0.29, 0.717) is 47.6 Å². The number of halogens is 4. The van der Waals surface area contributed by atoms with Gasteiger partial charge in [-0.15, -0.1) is 0 Å². The second-order valence-electron chi connectivity index (χ2n) is 8.86. The molecule has 0 saturated carbocycles. The van der Waals surface area contributed by atoms with Crippen molar-refractivity contribution in [1.29, 1.82) is 0 Å². The quantitative estimate of drug-likeness (QED) is 0.381. The van der Waals surface area contributed by atoms with E-state index in [1.807, 2.05) is 4.90 Å². The molecular weight excluding hydrogens is 616 g/mol. The summed E-state index contributed by atoms with van der Waals surface area (Å²) in [5.74, 6) is -2.56. The summed E-state index contributed by atoms with van der Waals surface area (Å²) in [5, 5.41) is 1.36. The fraction of sp³-hybridized carbons (Fsp3) is 0.222. The maximum absolute atomic E-state index is 15.5. The van der Waals surface area contributed by atoms with Crippen LogP contribution in [0.4, 0.5) is 10.1 Å². The Morgan fingerprint density at radius 1 is 1.08 bits per heavy atom. The average Bonchev–Trinajstić information content (AvgIpc) is 2.92. The Bertz CT molecular complexity index is 1490. The Kier molecular flexibility index (Phi) is 7.82. The Hall–Kier alpha value is -3.18. The van der Waals surface area contributed by atoms with Crippen LogP contribution in [0.2, 0.25) is 10.0 Å². The van der Waals surface area contributed by atoms with Crippen molar-refractivity contribution in [2.45, 2.75) is 6.54 Å². The molecule has 1 saturated heterocycles. The van der Waals surface area contributed by atoms with Crippen molar-refractivity contribution in [3.8, 4) is 11.1 Å². The first-order chi connectivity index (χ1) is 18.7. The van der Waals surface area contributed by atoms with Crippen LogP contribution in [0.1, 0.15) is 36.6 Å². The van der Waals surface area contributed by atoms with Crippen LogP contribution < -0.4 is 10.3 Å². The molecule has 0 atom stereocenters. The monoisotopic (exact) mass is 635 g/mol. The molecular formula is C27H21BrCl2FN3O5. The number of hydrogen-bond donors (Lipinski definition) is 1. The van der Waals surface area contributed by atoms with E-state index in [-0.39, 0.29) is 38.8 Å². The van der Waals surface area contributed by atoms with Crippen LogP contribution >= 0.6 is 39.1 Å². The van der Waals surface area contributed by atoms with Gasteiger partial charge in [0.15, 0.2) is 0 Å². The predicted molar refractivity (Wildman–Crippen MR) is 148 cm³/mol. The lowest BCUT2D eigenvalue weighted by atomic mass is 9.92. The van der Waals surface area contributed by atoms with Crippen molar-refractivity contribution in [3.63, 3.8) is 0 Å². The lowest BCUT2D eigenvalue weighted by Gasteiger charge is -2.32. The van der Waals surface area contributed by atoms with Crippen molar-refractivity contribution >= 4 is 62.6 Å². The molecule has 5 rings (SSSR count). The summed E-state index contributed by atoms with van der Waals surface area (Å²) >= 11 is 15.8. The molecule has 0 aliphatic carbocycles. The van der Waals surface area contributed by atoms with Gasteiger partial charge in [-0.05, 0) is 35.4 Å². The largest absolute Gasteiger partial charge is 0.465 e. The molecule has 0 unspecified atom stereocenters. The summed E-state index contributed by atoms with van der Waals surface area (Å²) in [6.45, 7) is 1.90. The number of anilines is 1. The fourth-order valence-electron chi connectivity index (χ4n) is 4.72. The van der Waals surface area contributed by atoms with Crippen LogP contribution in [0, 0.1) is 5.82 Å². The molecule has 2 amide bonds. The van der Waals surface area contributed by atoms with E-state index in [0.717, 1.165) is 11.1 Å². The zero-order chi connectivity index (χ0) is 27.8. The Balaban J connectivity index is 1.56. The van der Waals surface area contributed by atoms with Crippen LogP contribution in [0.15, 0.2) is 46.9 Å². The molecule has 0 bridgehead atoms. The van der Waals surface area contributed by atoms with Gasteiger partial charge in [0.25, 0.3) is 11.8 Å². The number of morpholine rings is 1. The van der Waals surface area contributed by atoms with Crippen LogP contribution in [-0.2, 0) is 16.0 Å². The zero-order valence-electron chi connectivity index (χ0n) is 20.5. The number of fused-ring (bicyclic) bond motifs is 1. The molecule has 0 spiro atoms. The summed E-state index contributed by atoms with van der Waals surface area (Å²) in [6.07, 6.45) is 0. The zero-order valence-corrected chi connectivity index (χ0v) is 23.6. The number of amides is 2. The lowest BCUT2D eigenvalue weighted by Crippen LogP contribution is -2.49. The minimum atomic E-state index is -0.694. The van der Waals surface area contributed by atoms with Gasteiger partial charge in [-0.25, -0.2) is 14.2 Å². The van der Waals surface area contributed by atoms with Gasteiger partial charge >= 0.3 is 5.97 Å². The molecule has 1 fully saturated rings. The van der Waals surface area contributed by atoms with Gasteiger partial charge in [-0.1, -0.05) is 57.3 Å². The van der Waals surface area contributed by atoms with Gasteiger partial charge in [-0.3, -0.25) is 15.0 Å². The van der Waals surface area contributed by atoms with Gasteiger partial charge in [0.05, 0.1) is 59.3 Å². The van der Waals surface area contributed by atoms with Crippen LogP contribution in [-0.4, -0.2) is 56.2 Å². The molecule has 3 aromatic rings. The summed E-state index contributed by atoms with van der Waals surface area (Å²) in [7, 11) is 1.23. The Morgan fingerprint density at radius 2 is 1.77 bits per heavy atom. The summed E-state index contributed by atoms with van der Waals surface area (Å²) in [5.41, 5.74) is 4.35. The van der Waals surface area contributed by atoms with Crippen molar-refractivity contribution in [3.05, 3.63) is 85.1 Å². The highest BCUT2D eigenvalue weighted by Crippen LogP contribution is 2.37. The number of benzene rings is 3. The Morgan fingerprint density at radius 3 is 2.44 bits per heavy atom. The molecule has 202 valence electrons. The van der Waals surface area contributed by atoms with Crippen molar-refractivity contribution in [2.75, 3.05) is 38.3 Å². The van der Waals surface area contributed by atoms with E-state index in [1.54, 1.807) is 24.3 Å². The molecule has 2 aliphatic rings. The molecule has 1 N–H and O–H groups in total. The van der Waals surface area contributed by atoms with Gasteiger partial charge in [0, 0.05) is 23.1 Å². The lowest BCUT2D eigenvalue weighted by molar-refractivity contribution is 0.0540. The standard InChI is InChI=1S/C27H21BrCl2FN3O5/c1-38-27(37)18-11-21(31)17(12-22(18)33-5-7-39-8-6-33)16-4-2-3-14-13-34(32-25(35)23(14)16)26(36)24-19(29)9-15(28)10-20(24)30/h2-4,9-12H,5-8,13H2,1H3,(H,32,35). The number of carbonyl (C=O) groups is 3. The van der Waals surface area contributed by atoms with Crippen LogP contribution in [0.5, 0.6) is 0 Å². The summed E-state index contributed by atoms with van der Waals surface area (Å²) < 4.78 is 26.4. The number of ether oxygens (including phenoxy) is 2. The number of hydrogen-bond acceptors (Lipinski definition) is 6. The summed E-state index contributed by atoms with van der Waals surface area (Å²) in [4.78, 5) is 41.0. The first-order valence-electron chi connectivity index (χ1n) is 11.8. The highest BCUT2D eigenvalue weighted by Gasteiger charge is 2.32. The first-order valence-corrected chi connectivity index (χ1v) is 13.4. The second-order valence-corrected chi connectivity index (χ2v) is 10.6. The topological polar surface area (TPSA) is 88.2 Å². The Labute approximate surface area is 241 Å². The van der Waals surface area contributed by atoms with Crippen LogP contribution in [0.3, 0.4) is 0 Å². The molecule has 12 heteroatoms. The molecule has 8 nitrogen and oxygen atoms in total. The van der Waals surface area contributed by atoms with Crippen molar-refractivity contribution in [1.82, 2.24) is 10.4 Å². The number of esters is 1. The third-order valence-corrected chi connectivity index (χ3v) is 7.60. The number of methoxy groups -OCH3 is 1. The third-order valence-electron chi connectivity index (χ3n) is 6.54. The number of nitrogens with zero attached hydrogens (tertiary/aromatic N) is 2. The van der Waals surface area contributed by atoms with E-state index in [1.165, 1.54) is 19.2 Å². The average molecular weight is 637 g/mol. The van der Waals surface area contributed by atoms with Gasteiger partial charge in [0.1, 0.15) is 5.82 Å². The second kappa shape index (κ2) is 11.1. The highest BCUT2D eigenvalue weighted by atomic mass is 79.9. The minimum absolute atomic E-state index is 0.00530. The first kappa shape index (κ1) is 27.4. The van der Waals surface area contributed by atoms with E-state index in [2.05, 4.69) is 21.4 Å². The highest BCUT2D eigenvalue weighted by molar-refractivity contribution is 9.10. The SMILES string of the molecule is COC(=O)c1cc(F)c(-c2cccc3c2C(=O)NN(C(=O)c2c(Cl)cc(Br)cc2Cl)C3)cc1N1CCOCC1. The van der Waals surface area contributed by atoms with E-state index in [9.17, 15) is 14.4 Å². The minimum Gasteiger partial charge on any atom is -0.465 e. The van der Waals surface area contributed by atoms with Gasteiger partial charge in [0.2, 0.25) is 0 Å². The van der Waals surface area contributed by atoms with Crippen molar-refractivity contribution in [2.24, 2.45) is 0 Å². The van der Waals surface area contributed by atoms with E-state index in [4.69, 9.17) is 32.7 Å². The number of nitrogens with one attached hydrogen (secondary N) is 1. The summed E-state index contributed by atoms with van der Waals surface area (Å²) in [6, 6.07) is 10.7. The molecule has 0 aromatic heterocycles. The van der Waals surface area contributed by atoms with Gasteiger partial charge in [-0.2, -0.15) is 0 Å². The van der Waals surface area contributed by atoms with E-state index < -0.39 is 23.6 Å². The molecule has 2 heterocycles. The fourth-order valence-corrected chi connectivity index (χ4v) is 6.09. The maximum atomic E-state index is 15.5. The smallest absolute Gasteiger partial charge is 0.340 e. The van der Waals surface area contributed by atoms with Gasteiger partial charge < -0.3 is 14.4 Å². The predicted octanol–water partition coefficient (Wildman–Crippen LogP) is 5.49. The van der Waals surface area contributed by atoms with Crippen molar-refractivity contribution < 1.29 is 28.2 Å². The normalized spacial score (nSPS) is 15.1. The van der Waals surface area contributed by atoms with E-state index >= 15 is 4.39 Å². The third kappa shape index (κ3) is 5.21. The number of rotatable bonds is 4. The number of carbonyl (C=O) groups excluding carboxylic acids is 3. The molecule has 39 heavy (non-hydrogen) atoms. The maximum Gasteiger partial charge on any atom is 0.340 e.